The molecule has 2 rings (SSSR count). The lowest BCUT2D eigenvalue weighted by atomic mass is 10.1. The van der Waals surface area contributed by atoms with Crippen LogP contribution < -0.4 is 5.32 Å². The topological polar surface area (TPSA) is 49.4 Å². The fraction of sp³-hybridized carbons (Fsp3) is 0.300. The van der Waals surface area contributed by atoms with E-state index in [1.54, 1.807) is 0 Å². The van der Waals surface area contributed by atoms with Gasteiger partial charge in [0.15, 0.2) is 0 Å². The Morgan fingerprint density at radius 2 is 1.71 bits per heavy atom. The van der Waals surface area contributed by atoms with Gasteiger partial charge in [-0.25, -0.2) is 0 Å². The van der Waals surface area contributed by atoms with Crippen molar-refractivity contribution in [2.45, 2.75) is 18.9 Å². The van der Waals surface area contributed by atoms with Crippen LogP contribution in [-0.2, 0) is 21.5 Å². The number of halogens is 3. The maximum atomic E-state index is 13.0. The van der Waals surface area contributed by atoms with E-state index in [1.807, 2.05) is 31.2 Å². The lowest BCUT2D eigenvalue weighted by Crippen LogP contribution is -2.36. The normalized spacial score (nSPS) is 11.2. The van der Waals surface area contributed by atoms with Crippen molar-refractivity contribution in [3.05, 3.63) is 65.2 Å². The Kier molecular flexibility index (Phi) is 7.51. The van der Waals surface area contributed by atoms with Gasteiger partial charge in [0.2, 0.25) is 11.8 Å². The molecule has 0 aliphatic heterocycles. The molecular weight excluding hydrogens is 389 g/mol. The molecule has 0 radical (unpaired) electrons. The van der Waals surface area contributed by atoms with Crippen molar-refractivity contribution in [3.63, 3.8) is 0 Å². The molecule has 0 heterocycles. The van der Waals surface area contributed by atoms with E-state index in [0.717, 1.165) is 17.2 Å². The molecule has 0 unspecified atom stereocenters. The third-order valence-corrected chi connectivity index (χ3v) is 5.02. The number of carbonyl (C=O) groups excluding carboxylic acids is 2. The Morgan fingerprint density at radius 3 is 2.39 bits per heavy atom. The lowest BCUT2D eigenvalue weighted by molar-refractivity contribution is -0.137. The molecule has 0 aliphatic carbocycles. The molecule has 0 atom stereocenters. The number of nitrogens with one attached hydrogen (secondary N) is 1. The van der Waals surface area contributed by atoms with Crippen molar-refractivity contribution in [1.29, 1.82) is 0 Å². The van der Waals surface area contributed by atoms with Gasteiger partial charge in [-0.3, -0.25) is 9.59 Å². The highest BCUT2D eigenvalue weighted by molar-refractivity contribution is 7.99. The molecule has 0 spiro atoms. The largest absolute Gasteiger partial charge is 0.418 e. The number of hydrogen-bond donors (Lipinski definition) is 1. The third-order valence-electron chi connectivity index (χ3n) is 4.06. The third kappa shape index (κ3) is 6.30. The number of rotatable bonds is 7. The van der Waals surface area contributed by atoms with E-state index in [1.165, 1.54) is 41.9 Å². The molecule has 2 amide bonds. The highest BCUT2D eigenvalue weighted by atomic mass is 32.2. The summed E-state index contributed by atoms with van der Waals surface area (Å²) in [6, 6.07) is 12.6. The summed E-state index contributed by atoms with van der Waals surface area (Å²) in [7, 11) is 1.45. The molecule has 2 aromatic carbocycles. The van der Waals surface area contributed by atoms with E-state index in [2.05, 4.69) is 5.32 Å². The van der Waals surface area contributed by atoms with Crippen LogP contribution in [0.5, 0.6) is 0 Å². The number of carbonyl (C=O) groups is 2. The van der Waals surface area contributed by atoms with Crippen LogP contribution in [-0.4, -0.2) is 36.1 Å². The summed E-state index contributed by atoms with van der Waals surface area (Å²) in [6.07, 6.45) is -4.57. The number of aryl methyl sites for hydroxylation is 1. The van der Waals surface area contributed by atoms with Gasteiger partial charge in [0, 0.05) is 12.8 Å². The van der Waals surface area contributed by atoms with Gasteiger partial charge in [-0.05, 0) is 30.2 Å². The molecular formula is C20H21F3N2O2S. The second-order valence-electron chi connectivity index (χ2n) is 6.26. The second-order valence-corrected chi connectivity index (χ2v) is 7.25. The van der Waals surface area contributed by atoms with E-state index in [4.69, 9.17) is 0 Å². The molecule has 0 saturated carbocycles. The number of likely N-dealkylation sites (N-methyl/N-ethyl adjacent to an activating group) is 1. The SMILES string of the molecule is Cc1ccccc1CSCC(=O)N(C)CC(=O)Nc1ccccc1C(F)(F)F. The average Bonchev–Trinajstić information content (AvgIpc) is 2.62. The van der Waals surface area contributed by atoms with E-state index in [0.29, 0.717) is 5.75 Å². The summed E-state index contributed by atoms with van der Waals surface area (Å²) >= 11 is 1.42. The Labute approximate surface area is 166 Å². The number of benzene rings is 2. The first-order chi connectivity index (χ1) is 13.2. The fourth-order valence-corrected chi connectivity index (χ4v) is 3.50. The molecule has 8 heteroatoms. The van der Waals surface area contributed by atoms with Gasteiger partial charge in [0.25, 0.3) is 0 Å². The predicted molar refractivity (Wildman–Crippen MR) is 105 cm³/mol. The Morgan fingerprint density at radius 1 is 1.07 bits per heavy atom. The number of amides is 2. The summed E-state index contributed by atoms with van der Waals surface area (Å²) < 4.78 is 38.9. The van der Waals surface area contributed by atoms with Crippen LogP contribution >= 0.6 is 11.8 Å². The number of hydrogen-bond acceptors (Lipinski definition) is 3. The molecule has 0 bridgehead atoms. The van der Waals surface area contributed by atoms with Crippen LogP contribution in [0.25, 0.3) is 0 Å². The minimum absolute atomic E-state index is 0.178. The van der Waals surface area contributed by atoms with Gasteiger partial charge in [-0.15, -0.1) is 11.8 Å². The zero-order valence-electron chi connectivity index (χ0n) is 15.5. The quantitative estimate of drug-likeness (QED) is 0.739. The van der Waals surface area contributed by atoms with Crippen molar-refractivity contribution in [2.24, 2.45) is 0 Å². The maximum Gasteiger partial charge on any atom is 0.418 e. The fourth-order valence-electron chi connectivity index (χ4n) is 2.46. The number of thioether (sulfide) groups is 1. The average molecular weight is 410 g/mol. The van der Waals surface area contributed by atoms with Gasteiger partial charge in [-0.1, -0.05) is 36.4 Å². The Bertz CT molecular complexity index is 840. The number of anilines is 1. The van der Waals surface area contributed by atoms with Crippen molar-refractivity contribution in [3.8, 4) is 0 Å². The van der Waals surface area contributed by atoms with Gasteiger partial charge in [0.1, 0.15) is 0 Å². The maximum absolute atomic E-state index is 13.0. The predicted octanol–water partition coefficient (Wildman–Crippen LogP) is 4.34. The van der Waals surface area contributed by atoms with Crippen LogP contribution in [0, 0.1) is 6.92 Å². The van der Waals surface area contributed by atoms with Crippen LogP contribution in [0.1, 0.15) is 16.7 Å². The van der Waals surface area contributed by atoms with Crippen LogP contribution in [0.4, 0.5) is 18.9 Å². The second kappa shape index (κ2) is 9.64. The van der Waals surface area contributed by atoms with Crippen molar-refractivity contribution in [2.75, 3.05) is 24.7 Å². The number of alkyl halides is 3. The minimum Gasteiger partial charge on any atom is -0.336 e. The van der Waals surface area contributed by atoms with E-state index >= 15 is 0 Å². The molecule has 150 valence electrons. The Balaban J connectivity index is 1.85. The van der Waals surface area contributed by atoms with E-state index in [-0.39, 0.29) is 23.9 Å². The van der Waals surface area contributed by atoms with Gasteiger partial charge >= 0.3 is 6.18 Å². The molecule has 4 nitrogen and oxygen atoms in total. The van der Waals surface area contributed by atoms with Crippen LogP contribution in [0.3, 0.4) is 0 Å². The van der Waals surface area contributed by atoms with Gasteiger partial charge in [0.05, 0.1) is 23.5 Å². The van der Waals surface area contributed by atoms with Crippen LogP contribution in [0.15, 0.2) is 48.5 Å². The zero-order chi connectivity index (χ0) is 20.7. The molecule has 0 saturated heterocycles. The van der Waals surface area contributed by atoms with Crippen molar-refractivity contribution < 1.29 is 22.8 Å². The first kappa shape index (κ1) is 21.8. The highest BCUT2D eigenvalue weighted by Crippen LogP contribution is 2.34. The van der Waals surface area contributed by atoms with E-state index < -0.39 is 17.6 Å². The zero-order valence-corrected chi connectivity index (χ0v) is 16.4. The first-order valence-electron chi connectivity index (χ1n) is 8.50. The van der Waals surface area contributed by atoms with E-state index in [9.17, 15) is 22.8 Å². The smallest absolute Gasteiger partial charge is 0.336 e. The number of nitrogens with zero attached hydrogens (tertiary/aromatic N) is 1. The summed E-state index contributed by atoms with van der Waals surface area (Å²) in [5.41, 5.74) is 1.02. The summed E-state index contributed by atoms with van der Waals surface area (Å²) in [5.74, 6) is -0.108. The first-order valence-corrected chi connectivity index (χ1v) is 9.66. The Hall–Kier alpha value is -2.48. The van der Waals surface area contributed by atoms with Crippen LogP contribution in [0.2, 0.25) is 0 Å². The summed E-state index contributed by atoms with van der Waals surface area (Å²) in [4.78, 5) is 25.4. The summed E-state index contributed by atoms with van der Waals surface area (Å²) in [6.45, 7) is 1.67. The van der Waals surface area contributed by atoms with Gasteiger partial charge < -0.3 is 10.2 Å². The molecule has 0 fully saturated rings. The standard InChI is InChI=1S/C20H21F3N2O2S/c1-14-7-3-4-8-15(14)12-28-13-19(27)25(2)11-18(26)24-17-10-6-5-9-16(17)20(21,22)23/h3-10H,11-13H2,1-2H3,(H,24,26). The van der Waals surface area contributed by atoms with Gasteiger partial charge in [-0.2, -0.15) is 13.2 Å². The molecule has 2 aromatic rings. The molecule has 0 aromatic heterocycles. The molecule has 0 aliphatic rings. The van der Waals surface area contributed by atoms with Crippen molar-refractivity contribution >= 4 is 29.3 Å². The minimum atomic E-state index is -4.57. The lowest BCUT2D eigenvalue weighted by Gasteiger charge is -2.18. The molecule has 1 N–H and O–H groups in total. The highest BCUT2D eigenvalue weighted by Gasteiger charge is 2.33. The number of para-hydroxylation sites is 1. The summed E-state index contributed by atoms with van der Waals surface area (Å²) in [5, 5.41) is 2.23. The monoisotopic (exact) mass is 410 g/mol. The molecule has 28 heavy (non-hydrogen) atoms. The van der Waals surface area contributed by atoms with Crippen molar-refractivity contribution in [1.82, 2.24) is 4.90 Å².